The van der Waals surface area contributed by atoms with Gasteiger partial charge in [-0.2, -0.15) is 0 Å². The minimum absolute atomic E-state index is 0.102. The van der Waals surface area contributed by atoms with E-state index in [0.717, 1.165) is 68.9 Å². The van der Waals surface area contributed by atoms with Crippen LogP contribution >= 0.6 is 0 Å². The van der Waals surface area contributed by atoms with Gasteiger partial charge in [-0.1, -0.05) is 18.2 Å². The highest BCUT2D eigenvalue weighted by Gasteiger charge is 2.32. The van der Waals surface area contributed by atoms with Gasteiger partial charge in [-0.15, -0.1) is 0 Å². The normalized spacial score (nSPS) is 19.7. The van der Waals surface area contributed by atoms with Crippen molar-refractivity contribution in [3.8, 4) is 0 Å². The lowest BCUT2D eigenvalue weighted by molar-refractivity contribution is -0.123. The van der Waals surface area contributed by atoms with Crippen LogP contribution in [-0.4, -0.2) is 67.0 Å². The number of piperazine rings is 1. The van der Waals surface area contributed by atoms with Crippen LogP contribution in [0.5, 0.6) is 0 Å². The van der Waals surface area contributed by atoms with Crippen LogP contribution in [0.3, 0.4) is 0 Å². The highest BCUT2D eigenvalue weighted by molar-refractivity contribution is 6.00. The molecule has 2 aromatic rings. The quantitative estimate of drug-likeness (QED) is 0.785. The van der Waals surface area contributed by atoms with Gasteiger partial charge < -0.3 is 20.0 Å². The Labute approximate surface area is 189 Å². The summed E-state index contributed by atoms with van der Waals surface area (Å²) in [7, 11) is 0. The molecule has 0 unspecified atom stereocenters. The number of amides is 2. The van der Waals surface area contributed by atoms with Crippen molar-refractivity contribution in [1.29, 1.82) is 0 Å². The molecule has 0 atom stereocenters. The van der Waals surface area contributed by atoms with E-state index in [1.165, 1.54) is 0 Å². The SMILES string of the molecule is O=C(NC1CCN(c2ccccc2C(=O)N2CCN(c3ccccn3)CC2)CC1)C1CC1. The molecule has 0 bridgehead atoms. The van der Waals surface area contributed by atoms with Gasteiger partial charge >= 0.3 is 0 Å². The largest absolute Gasteiger partial charge is 0.371 e. The molecule has 2 saturated heterocycles. The summed E-state index contributed by atoms with van der Waals surface area (Å²) in [6.07, 6.45) is 5.73. The molecular weight excluding hydrogens is 402 g/mol. The fourth-order valence-corrected chi connectivity index (χ4v) is 4.71. The maximum absolute atomic E-state index is 13.4. The zero-order chi connectivity index (χ0) is 21.9. The summed E-state index contributed by atoms with van der Waals surface area (Å²) >= 11 is 0. The number of piperidine rings is 1. The molecule has 32 heavy (non-hydrogen) atoms. The lowest BCUT2D eigenvalue weighted by Gasteiger charge is -2.37. The number of para-hydroxylation sites is 1. The molecule has 7 heteroatoms. The van der Waals surface area contributed by atoms with Crippen LogP contribution in [0.4, 0.5) is 11.5 Å². The molecule has 2 aliphatic heterocycles. The van der Waals surface area contributed by atoms with E-state index in [1.54, 1.807) is 0 Å². The van der Waals surface area contributed by atoms with Crippen LogP contribution in [0, 0.1) is 5.92 Å². The summed E-state index contributed by atoms with van der Waals surface area (Å²) in [5.74, 6) is 1.55. The van der Waals surface area contributed by atoms with Gasteiger partial charge in [0.1, 0.15) is 5.82 Å². The van der Waals surface area contributed by atoms with Gasteiger partial charge in [0.2, 0.25) is 5.91 Å². The maximum Gasteiger partial charge on any atom is 0.256 e. The van der Waals surface area contributed by atoms with Crippen LogP contribution in [-0.2, 0) is 4.79 Å². The summed E-state index contributed by atoms with van der Waals surface area (Å²) in [5, 5.41) is 3.21. The average Bonchev–Trinajstić information content (AvgIpc) is 3.71. The standard InChI is InChI=1S/C25H31N5O2/c31-24(19-8-9-19)27-20-10-13-28(14-11-20)22-6-2-1-5-21(22)25(32)30-17-15-29(16-18-30)23-7-3-4-12-26-23/h1-7,12,19-20H,8-11,13-18H2,(H,27,31). The highest BCUT2D eigenvalue weighted by atomic mass is 16.2. The molecule has 3 aliphatic rings. The van der Waals surface area contributed by atoms with Crippen molar-refractivity contribution in [3.63, 3.8) is 0 Å². The van der Waals surface area contributed by atoms with E-state index >= 15 is 0 Å². The van der Waals surface area contributed by atoms with Crippen molar-refractivity contribution < 1.29 is 9.59 Å². The van der Waals surface area contributed by atoms with Crippen molar-refractivity contribution >= 4 is 23.3 Å². The Bertz CT molecular complexity index is 946. The summed E-state index contributed by atoms with van der Waals surface area (Å²) < 4.78 is 0. The minimum Gasteiger partial charge on any atom is -0.371 e. The van der Waals surface area contributed by atoms with Crippen molar-refractivity contribution in [1.82, 2.24) is 15.2 Å². The zero-order valence-corrected chi connectivity index (χ0v) is 18.4. The topological polar surface area (TPSA) is 68.8 Å². The molecule has 1 saturated carbocycles. The number of nitrogens with one attached hydrogen (secondary N) is 1. The zero-order valence-electron chi connectivity index (χ0n) is 18.4. The van der Waals surface area contributed by atoms with Gasteiger partial charge in [0.25, 0.3) is 5.91 Å². The van der Waals surface area contributed by atoms with Crippen LogP contribution in [0.1, 0.15) is 36.0 Å². The molecule has 3 heterocycles. The Morgan fingerprint density at radius 3 is 2.22 bits per heavy atom. The van der Waals surface area contributed by atoms with Crippen LogP contribution in [0.15, 0.2) is 48.7 Å². The number of aromatic nitrogens is 1. The summed E-state index contributed by atoms with van der Waals surface area (Å²) in [4.78, 5) is 36.4. The minimum atomic E-state index is 0.102. The monoisotopic (exact) mass is 433 g/mol. The van der Waals surface area contributed by atoms with Gasteiger partial charge in [0, 0.05) is 63.1 Å². The number of hydrogen-bond acceptors (Lipinski definition) is 5. The van der Waals surface area contributed by atoms with Crippen LogP contribution in [0.25, 0.3) is 0 Å². The second-order valence-corrected chi connectivity index (χ2v) is 9.03. The molecule has 1 aliphatic carbocycles. The number of benzene rings is 1. The average molecular weight is 434 g/mol. The Hall–Kier alpha value is -3.09. The number of hydrogen-bond donors (Lipinski definition) is 1. The Balaban J connectivity index is 1.20. The molecule has 2 amide bonds. The maximum atomic E-state index is 13.4. The van der Waals surface area contributed by atoms with Crippen molar-refractivity contribution in [2.75, 3.05) is 49.1 Å². The third kappa shape index (κ3) is 4.56. The summed E-state index contributed by atoms with van der Waals surface area (Å²) in [5.41, 5.74) is 1.79. The smallest absolute Gasteiger partial charge is 0.256 e. The molecule has 0 radical (unpaired) electrons. The van der Waals surface area contributed by atoms with Gasteiger partial charge in [-0.3, -0.25) is 9.59 Å². The lowest BCUT2D eigenvalue weighted by Crippen LogP contribution is -2.49. The number of nitrogens with zero attached hydrogens (tertiary/aromatic N) is 4. The number of anilines is 2. The fourth-order valence-electron chi connectivity index (χ4n) is 4.71. The molecule has 1 aromatic heterocycles. The lowest BCUT2D eigenvalue weighted by atomic mass is 10.0. The van der Waals surface area contributed by atoms with E-state index in [4.69, 9.17) is 0 Å². The van der Waals surface area contributed by atoms with E-state index in [2.05, 4.69) is 26.2 Å². The van der Waals surface area contributed by atoms with E-state index in [-0.39, 0.29) is 23.8 Å². The molecular formula is C25H31N5O2. The van der Waals surface area contributed by atoms with E-state index in [9.17, 15) is 9.59 Å². The first-order chi connectivity index (χ1) is 15.7. The van der Waals surface area contributed by atoms with Crippen molar-refractivity contribution in [2.24, 2.45) is 5.92 Å². The number of carbonyl (C=O) groups excluding carboxylic acids is 2. The van der Waals surface area contributed by atoms with Crippen LogP contribution in [0.2, 0.25) is 0 Å². The third-order valence-corrected chi connectivity index (χ3v) is 6.80. The predicted molar refractivity (Wildman–Crippen MR) is 125 cm³/mol. The van der Waals surface area contributed by atoms with E-state index < -0.39 is 0 Å². The molecule has 168 valence electrons. The number of pyridine rings is 1. The van der Waals surface area contributed by atoms with Gasteiger partial charge in [0.15, 0.2) is 0 Å². The fraction of sp³-hybridized carbons (Fsp3) is 0.480. The Kier molecular flexibility index (Phi) is 5.97. The first-order valence-electron chi connectivity index (χ1n) is 11.8. The second kappa shape index (κ2) is 9.18. The molecule has 3 fully saturated rings. The Morgan fingerprint density at radius 2 is 1.53 bits per heavy atom. The first-order valence-corrected chi connectivity index (χ1v) is 11.8. The highest BCUT2D eigenvalue weighted by Crippen LogP contribution is 2.30. The molecule has 1 aromatic carbocycles. The number of rotatable bonds is 5. The molecule has 1 N–H and O–H groups in total. The van der Waals surface area contributed by atoms with Gasteiger partial charge in [0.05, 0.1) is 5.56 Å². The predicted octanol–water partition coefficient (Wildman–Crippen LogP) is 2.54. The van der Waals surface area contributed by atoms with E-state index in [1.807, 2.05) is 47.5 Å². The second-order valence-electron chi connectivity index (χ2n) is 9.03. The van der Waals surface area contributed by atoms with Gasteiger partial charge in [-0.25, -0.2) is 4.98 Å². The summed E-state index contributed by atoms with van der Waals surface area (Å²) in [6, 6.07) is 14.1. The first kappa shape index (κ1) is 20.8. The number of carbonyl (C=O) groups is 2. The molecule has 5 rings (SSSR count). The third-order valence-electron chi connectivity index (χ3n) is 6.80. The Morgan fingerprint density at radius 1 is 0.812 bits per heavy atom. The van der Waals surface area contributed by atoms with Crippen molar-refractivity contribution in [2.45, 2.75) is 31.7 Å². The van der Waals surface area contributed by atoms with Crippen molar-refractivity contribution in [3.05, 3.63) is 54.2 Å². The summed E-state index contributed by atoms with van der Waals surface area (Å²) in [6.45, 7) is 4.67. The van der Waals surface area contributed by atoms with Gasteiger partial charge in [-0.05, 0) is 49.9 Å². The van der Waals surface area contributed by atoms with Crippen LogP contribution < -0.4 is 15.1 Å². The molecule has 0 spiro atoms. The van der Waals surface area contributed by atoms with E-state index in [0.29, 0.717) is 13.1 Å². The molecule has 7 nitrogen and oxygen atoms in total.